The molecule has 3 aromatic rings. The molecule has 8 nitrogen and oxygen atoms in total. The number of thioether (sulfide) groups is 1. The van der Waals surface area contributed by atoms with E-state index < -0.39 is 4.92 Å². The van der Waals surface area contributed by atoms with Crippen LogP contribution in [0.25, 0.3) is 11.5 Å². The first-order chi connectivity index (χ1) is 12.9. The predicted octanol–water partition coefficient (Wildman–Crippen LogP) is 4.34. The van der Waals surface area contributed by atoms with Gasteiger partial charge in [-0.2, -0.15) is 0 Å². The lowest BCUT2D eigenvalue weighted by molar-refractivity contribution is -0.384. The molecule has 0 atom stereocenters. The number of aryl methyl sites for hydroxylation is 1. The van der Waals surface area contributed by atoms with E-state index in [1.807, 2.05) is 0 Å². The second-order valence-corrected chi connectivity index (χ2v) is 6.78. The zero-order valence-corrected chi connectivity index (χ0v) is 15.6. The van der Waals surface area contributed by atoms with Gasteiger partial charge in [0.25, 0.3) is 10.9 Å². The van der Waals surface area contributed by atoms with Gasteiger partial charge in [-0.3, -0.25) is 14.9 Å². The van der Waals surface area contributed by atoms with Crippen molar-refractivity contribution in [1.29, 1.82) is 0 Å². The molecule has 10 heteroatoms. The Morgan fingerprint density at radius 2 is 2.07 bits per heavy atom. The van der Waals surface area contributed by atoms with Crippen LogP contribution in [0.3, 0.4) is 0 Å². The highest BCUT2D eigenvalue weighted by Crippen LogP contribution is 2.29. The first-order valence-electron chi connectivity index (χ1n) is 7.70. The Morgan fingerprint density at radius 1 is 1.30 bits per heavy atom. The second kappa shape index (κ2) is 8.19. The molecule has 0 saturated heterocycles. The number of nitrogens with zero attached hydrogens (tertiary/aromatic N) is 3. The largest absolute Gasteiger partial charge is 0.411 e. The molecule has 0 aliphatic carbocycles. The number of aromatic nitrogens is 2. The summed E-state index contributed by atoms with van der Waals surface area (Å²) in [6.45, 7) is 1.68. The summed E-state index contributed by atoms with van der Waals surface area (Å²) in [5, 5.41) is 22.0. The van der Waals surface area contributed by atoms with Crippen molar-refractivity contribution in [1.82, 2.24) is 10.2 Å². The minimum absolute atomic E-state index is 0.0298. The number of halogens is 1. The van der Waals surface area contributed by atoms with E-state index in [1.54, 1.807) is 31.2 Å². The van der Waals surface area contributed by atoms with Crippen LogP contribution in [0.2, 0.25) is 5.02 Å². The number of non-ortho nitro benzene ring substituents is 1. The van der Waals surface area contributed by atoms with Crippen LogP contribution in [-0.2, 0) is 4.79 Å². The molecule has 0 aliphatic heterocycles. The lowest BCUT2D eigenvalue weighted by Crippen LogP contribution is -2.14. The van der Waals surface area contributed by atoms with E-state index >= 15 is 0 Å². The Balaban J connectivity index is 1.60. The van der Waals surface area contributed by atoms with Gasteiger partial charge in [0.15, 0.2) is 0 Å². The number of nitro groups is 1. The number of amides is 1. The van der Waals surface area contributed by atoms with Crippen LogP contribution in [0.4, 0.5) is 11.4 Å². The first-order valence-corrected chi connectivity index (χ1v) is 9.06. The van der Waals surface area contributed by atoms with E-state index in [0.29, 0.717) is 21.8 Å². The van der Waals surface area contributed by atoms with Crippen molar-refractivity contribution in [2.45, 2.75) is 12.1 Å². The van der Waals surface area contributed by atoms with E-state index in [4.69, 9.17) is 16.0 Å². The Labute approximate surface area is 163 Å². The number of rotatable bonds is 6. The first kappa shape index (κ1) is 18.9. The fraction of sp³-hybridized carbons (Fsp3) is 0.118. The zero-order valence-electron chi connectivity index (χ0n) is 14.0. The van der Waals surface area contributed by atoms with Crippen molar-refractivity contribution in [3.05, 3.63) is 63.2 Å². The van der Waals surface area contributed by atoms with E-state index in [-0.39, 0.29) is 28.5 Å². The van der Waals surface area contributed by atoms with Crippen LogP contribution in [0.5, 0.6) is 0 Å². The average Bonchev–Trinajstić information content (AvgIpc) is 3.10. The van der Waals surface area contributed by atoms with Crippen molar-refractivity contribution < 1.29 is 14.1 Å². The summed E-state index contributed by atoms with van der Waals surface area (Å²) in [4.78, 5) is 22.4. The summed E-state index contributed by atoms with van der Waals surface area (Å²) in [5.74, 6) is 0.0183. The standard InChI is InChI=1S/C17H13ClN4O4S/c1-10-8-11(22(24)25)6-7-14(10)19-15(23)9-27-17-21-20-16(26-17)12-4-2-3-5-13(12)18/h2-8H,9H2,1H3,(H,19,23). The Kier molecular flexibility index (Phi) is 5.72. The quantitative estimate of drug-likeness (QED) is 0.369. The molecule has 27 heavy (non-hydrogen) atoms. The van der Waals surface area contributed by atoms with Crippen LogP contribution >= 0.6 is 23.4 Å². The highest BCUT2D eigenvalue weighted by atomic mass is 35.5. The number of hydrogen-bond donors (Lipinski definition) is 1. The van der Waals surface area contributed by atoms with Crippen LogP contribution < -0.4 is 5.32 Å². The van der Waals surface area contributed by atoms with Gasteiger partial charge in [0.05, 0.1) is 21.3 Å². The van der Waals surface area contributed by atoms with Gasteiger partial charge in [-0.05, 0) is 30.7 Å². The minimum atomic E-state index is -0.486. The monoisotopic (exact) mass is 404 g/mol. The number of anilines is 1. The van der Waals surface area contributed by atoms with Crippen molar-refractivity contribution >= 4 is 40.6 Å². The molecule has 0 unspecified atom stereocenters. The molecule has 0 spiro atoms. The van der Waals surface area contributed by atoms with Gasteiger partial charge < -0.3 is 9.73 Å². The second-order valence-electron chi connectivity index (χ2n) is 5.45. The van der Waals surface area contributed by atoms with E-state index in [2.05, 4.69) is 15.5 Å². The summed E-state index contributed by atoms with van der Waals surface area (Å²) >= 11 is 7.17. The molecule has 0 bridgehead atoms. The molecule has 1 heterocycles. The third-order valence-corrected chi connectivity index (χ3v) is 4.68. The van der Waals surface area contributed by atoms with Crippen LogP contribution in [0, 0.1) is 17.0 Å². The number of nitrogens with one attached hydrogen (secondary N) is 1. The van der Waals surface area contributed by atoms with Crippen molar-refractivity contribution in [2.24, 2.45) is 0 Å². The summed E-state index contributed by atoms with van der Waals surface area (Å²) in [6.07, 6.45) is 0. The van der Waals surface area contributed by atoms with Gasteiger partial charge in [-0.15, -0.1) is 10.2 Å². The van der Waals surface area contributed by atoms with Crippen LogP contribution in [0.1, 0.15) is 5.56 Å². The third kappa shape index (κ3) is 4.63. The van der Waals surface area contributed by atoms with Gasteiger partial charge in [-0.1, -0.05) is 35.5 Å². The maximum absolute atomic E-state index is 12.1. The molecule has 0 aliphatic rings. The fourth-order valence-corrected chi connectivity index (χ4v) is 3.01. The molecule has 1 aromatic heterocycles. The molecule has 3 rings (SSSR count). The molecule has 2 aromatic carbocycles. The molecule has 0 radical (unpaired) electrons. The maximum Gasteiger partial charge on any atom is 0.277 e. The van der Waals surface area contributed by atoms with E-state index in [9.17, 15) is 14.9 Å². The smallest absolute Gasteiger partial charge is 0.277 e. The topological polar surface area (TPSA) is 111 Å². The van der Waals surface area contributed by atoms with Crippen molar-refractivity contribution in [2.75, 3.05) is 11.1 Å². The van der Waals surface area contributed by atoms with Crippen LogP contribution in [-0.4, -0.2) is 26.8 Å². The number of benzene rings is 2. The fourth-order valence-electron chi connectivity index (χ4n) is 2.23. The third-order valence-electron chi connectivity index (χ3n) is 3.53. The lowest BCUT2D eigenvalue weighted by Gasteiger charge is -2.07. The molecule has 0 fully saturated rings. The average molecular weight is 405 g/mol. The van der Waals surface area contributed by atoms with Gasteiger partial charge in [0, 0.05) is 17.8 Å². The summed E-state index contributed by atoms with van der Waals surface area (Å²) in [7, 11) is 0. The molecule has 1 amide bonds. The number of nitro benzene ring substituents is 1. The number of carbonyl (C=O) groups excluding carboxylic acids is 1. The summed E-state index contributed by atoms with van der Waals surface area (Å²) in [6, 6.07) is 11.3. The Hall–Kier alpha value is -2.91. The SMILES string of the molecule is Cc1cc([N+](=O)[O-])ccc1NC(=O)CSc1nnc(-c2ccccc2Cl)o1. The molecular formula is C17H13ClN4O4S. The number of hydrogen-bond acceptors (Lipinski definition) is 7. The van der Waals surface area contributed by atoms with Gasteiger partial charge in [0.2, 0.25) is 11.8 Å². The Morgan fingerprint density at radius 3 is 2.78 bits per heavy atom. The molecule has 0 saturated carbocycles. The normalized spacial score (nSPS) is 10.6. The van der Waals surface area contributed by atoms with E-state index in [0.717, 1.165) is 11.8 Å². The van der Waals surface area contributed by atoms with Gasteiger partial charge >= 0.3 is 0 Å². The summed E-state index contributed by atoms with van der Waals surface area (Å²) in [5.41, 5.74) is 1.69. The van der Waals surface area contributed by atoms with Crippen LogP contribution in [0.15, 0.2) is 52.1 Å². The molecule has 138 valence electrons. The van der Waals surface area contributed by atoms with Gasteiger partial charge in [0.1, 0.15) is 0 Å². The van der Waals surface area contributed by atoms with Gasteiger partial charge in [-0.25, -0.2) is 0 Å². The summed E-state index contributed by atoms with van der Waals surface area (Å²) < 4.78 is 5.52. The highest BCUT2D eigenvalue weighted by Gasteiger charge is 2.14. The maximum atomic E-state index is 12.1. The van der Waals surface area contributed by atoms with Crippen molar-refractivity contribution in [3.63, 3.8) is 0 Å². The Bertz CT molecular complexity index is 1010. The zero-order chi connectivity index (χ0) is 19.4. The molecule has 1 N–H and O–H groups in total. The molecular weight excluding hydrogens is 392 g/mol. The predicted molar refractivity (Wildman–Crippen MR) is 102 cm³/mol. The minimum Gasteiger partial charge on any atom is -0.411 e. The van der Waals surface area contributed by atoms with Crippen molar-refractivity contribution in [3.8, 4) is 11.5 Å². The number of carbonyl (C=O) groups is 1. The highest BCUT2D eigenvalue weighted by molar-refractivity contribution is 7.99. The van der Waals surface area contributed by atoms with E-state index in [1.165, 1.54) is 18.2 Å². The lowest BCUT2D eigenvalue weighted by atomic mass is 10.2.